The molecule has 0 fully saturated rings. The molecule has 1 aromatic rings. The second-order valence-corrected chi connectivity index (χ2v) is 4.48. The van der Waals surface area contributed by atoms with Gasteiger partial charge in [-0.05, 0) is 32.8 Å². The van der Waals surface area contributed by atoms with Crippen molar-refractivity contribution in [2.45, 2.75) is 32.8 Å². The van der Waals surface area contributed by atoms with Crippen molar-refractivity contribution in [3.63, 3.8) is 0 Å². The first kappa shape index (κ1) is 14.1. The van der Waals surface area contributed by atoms with Crippen LogP contribution in [0.15, 0.2) is 6.07 Å². The van der Waals surface area contributed by atoms with Crippen LogP contribution in [0.25, 0.3) is 0 Å². The average molecular weight is 259 g/mol. The number of nitrogens with zero attached hydrogens (tertiary/aromatic N) is 1. The number of hydrogen-bond acceptors (Lipinski definition) is 4. The number of aryl methyl sites for hydroxylation is 1. The molecule has 0 aliphatic heterocycles. The number of halogens is 1. The van der Waals surface area contributed by atoms with E-state index in [2.05, 4.69) is 4.98 Å². The minimum absolute atomic E-state index is 0.0396. The van der Waals surface area contributed by atoms with Crippen LogP contribution in [0.5, 0.6) is 5.88 Å². The summed E-state index contributed by atoms with van der Waals surface area (Å²) in [7, 11) is 1.67. The fourth-order valence-electron chi connectivity index (χ4n) is 1.40. The highest BCUT2D eigenvalue weighted by Crippen LogP contribution is 2.27. The molecule has 0 amide bonds. The first-order chi connectivity index (χ1) is 8.04. The van der Waals surface area contributed by atoms with Gasteiger partial charge in [-0.25, -0.2) is 4.98 Å². The predicted molar refractivity (Wildman–Crippen MR) is 69.6 cm³/mol. The van der Waals surface area contributed by atoms with E-state index in [9.17, 15) is 0 Å². The van der Waals surface area contributed by atoms with Gasteiger partial charge in [0.15, 0.2) is 0 Å². The maximum Gasteiger partial charge on any atom is 0.237 e. The Morgan fingerprint density at radius 2 is 2.18 bits per heavy atom. The zero-order valence-electron chi connectivity index (χ0n) is 10.5. The molecule has 0 aromatic carbocycles. The average Bonchev–Trinajstić information content (AvgIpc) is 2.24. The second-order valence-electron chi connectivity index (χ2n) is 4.07. The zero-order valence-corrected chi connectivity index (χ0v) is 11.3. The lowest BCUT2D eigenvalue weighted by atomic mass is 10.2. The van der Waals surface area contributed by atoms with Crippen LogP contribution < -0.4 is 10.5 Å². The monoisotopic (exact) mass is 258 g/mol. The molecule has 1 heterocycles. The van der Waals surface area contributed by atoms with Gasteiger partial charge in [0.2, 0.25) is 5.88 Å². The highest BCUT2D eigenvalue weighted by atomic mass is 35.5. The van der Waals surface area contributed by atoms with Gasteiger partial charge >= 0.3 is 0 Å². The van der Waals surface area contributed by atoms with Crippen molar-refractivity contribution in [3.05, 3.63) is 16.8 Å². The Morgan fingerprint density at radius 1 is 1.47 bits per heavy atom. The third-order valence-corrected chi connectivity index (χ3v) is 2.48. The SMILES string of the molecule is COCCCc1nc(OC(C)C)c(N)cc1Cl. The van der Waals surface area contributed by atoms with Crippen LogP contribution >= 0.6 is 11.6 Å². The van der Waals surface area contributed by atoms with Gasteiger partial charge in [0.05, 0.1) is 22.5 Å². The van der Waals surface area contributed by atoms with E-state index < -0.39 is 0 Å². The maximum absolute atomic E-state index is 6.08. The molecule has 0 aliphatic carbocycles. The summed E-state index contributed by atoms with van der Waals surface area (Å²) in [5.74, 6) is 0.455. The molecule has 4 nitrogen and oxygen atoms in total. The standard InChI is InChI=1S/C12H19ClN2O2/c1-8(2)17-12-10(14)7-9(13)11(15-12)5-4-6-16-3/h7-8H,4-6,14H2,1-3H3. The van der Waals surface area contributed by atoms with E-state index in [0.717, 1.165) is 18.5 Å². The molecule has 1 rings (SSSR count). The fourth-order valence-corrected chi connectivity index (χ4v) is 1.65. The van der Waals surface area contributed by atoms with Gasteiger partial charge in [-0.2, -0.15) is 0 Å². The van der Waals surface area contributed by atoms with Crippen molar-refractivity contribution in [3.8, 4) is 5.88 Å². The maximum atomic E-state index is 6.08. The Morgan fingerprint density at radius 3 is 2.76 bits per heavy atom. The summed E-state index contributed by atoms with van der Waals surface area (Å²) >= 11 is 6.08. The van der Waals surface area contributed by atoms with E-state index in [0.29, 0.717) is 23.2 Å². The largest absolute Gasteiger partial charge is 0.473 e. The van der Waals surface area contributed by atoms with Crippen molar-refractivity contribution in [2.24, 2.45) is 0 Å². The lowest BCUT2D eigenvalue weighted by Gasteiger charge is -2.13. The Kier molecular flexibility index (Phi) is 5.51. The van der Waals surface area contributed by atoms with Crippen molar-refractivity contribution >= 4 is 17.3 Å². The smallest absolute Gasteiger partial charge is 0.237 e. The highest BCUT2D eigenvalue weighted by Gasteiger charge is 2.10. The molecule has 1 aromatic heterocycles. The normalized spacial score (nSPS) is 10.9. The number of methoxy groups -OCH3 is 1. The molecule has 17 heavy (non-hydrogen) atoms. The third-order valence-electron chi connectivity index (χ3n) is 2.15. The molecule has 0 saturated heterocycles. The van der Waals surface area contributed by atoms with Gasteiger partial charge in [-0.3, -0.25) is 0 Å². The van der Waals surface area contributed by atoms with Crippen LogP contribution in [0.2, 0.25) is 5.02 Å². The van der Waals surface area contributed by atoms with Crippen molar-refractivity contribution < 1.29 is 9.47 Å². The Hall–Kier alpha value is -1.00. The van der Waals surface area contributed by atoms with E-state index in [1.54, 1.807) is 13.2 Å². The van der Waals surface area contributed by atoms with Crippen molar-refractivity contribution in [2.75, 3.05) is 19.5 Å². The summed E-state index contributed by atoms with van der Waals surface area (Å²) in [6.07, 6.45) is 1.66. The highest BCUT2D eigenvalue weighted by molar-refractivity contribution is 6.31. The molecule has 0 saturated carbocycles. The summed E-state index contributed by atoms with van der Waals surface area (Å²) in [6.45, 7) is 4.55. The molecular weight excluding hydrogens is 240 g/mol. The number of ether oxygens (including phenoxy) is 2. The molecule has 0 unspecified atom stereocenters. The number of hydrogen-bond donors (Lipinski definition) is 1. The van der Waals surface area contributed by atoms with Gasteiger partial charge in [-0.1, -0.05) is 11.6 Å². The molecule has 96 valence electrons. The van der Waals surface area contributed by atoms with E-state index in [-0.39, 0.29) is 6.10 Å². The summed E-state index contributed by atoms with van der Waals surface area (Å²) in [5, 5.41) is 0.578. The van der Waals surface area contributed by atoms with E-state index >= 15 is 0 Å². The van der Waals surface area contributed by atoms with Crippen LogP contribution in [0.4, 0.5) is 5.69 Å². The number of anilines is 1. The lowest BCUT2D eigenvalue weighted by molar-refractivity contribution is 0.194. The predicted octanol–water partition coefficient (Wildman–Crippen LogP) is 2.68. The summed E-state index contributed by atoms with van der Waals surface area (Å²) < 4.78 is 10.5. The number of pyridine rings is 1. The summed E-state index contributed by atoms with van der Waals surface area (Å²) in [4.78, 5) is 4.35. The molecule has 0 bridgehead atoms. The van der Waals surface area contributed by atoms with Gasteiger partial charge in [-0.15, -0.1) is 0 Å². The van der Waals surface area contributed by atoms with Gasteiger partial charge < -0.3 is 15.2 Å². The van der Waals surface area contributed by atoms with E-state index in [1.165, 1.54) is 0 Å². The van der Waals surface area contributed by atoms with Gasteiger partial charge in [0, 0.05) is 13.7 Å². The first-order valence-electron chi connectivity index (χ1n) is 5.65. The van der Waals surface area contributed by atoms with Crippen LogP contribution in [0, 0.1) is 0 Å². The van der Waals surface area contributed by atoms with Crippen LogP contribution in [-0.4, -0.2) is 24.8 Å². The third kappa shape index (κ3) is 4.40. The zero-order chi connectivity index (χ0) is 12.8. The molecule has 0 aliphatic rings. The van der Waals surface area contributed by atoms with Gasteiger partial charge in [0.1, 0.15) is 0 Å². The fraction of sp³-hybridized carbons (Fsp3) is 0.583. The van der Waals surface area contributed by atoms with Crippen LogP contribution in [0.3, 0.4) is 0 Å². The van der Waals surface area contributed by atoms with Crippen molar-refractivity contribution in [1.29, 1.82) is 0 Å². The molecule has 2 N–H and O–H groups in total. The molecule has 0 atom stereocenters. The number of aromatic nitrogens is 1. The van der Waals surface area contributed by atoms with Crippen molar-refractivity contribution in [1.82, 2.24) is 4.98 Å². The van der Waals surface area contributed by atoms with Crippen LogP contribution in [0.1, 0.15) is 26.0 Å². The Balaban J connectivity index is 2.82. The van der Waals surface area contributed by atoms with Crippen LogP contribution in [-0.2, 0) is 11.2 Å². The molecule has 5 heteroatoms. The minimum Gasteiger partial charge on any atom is -0.473 e. The first-order valence-corrected chi connectivity index (χ1v) is 6.03. The number of nitrogen functional groups attached to an aromatic ring is 1. The topological polar surface area (TPSA) is 57.4 Å². The van der Waals surface area contributed by atoms with Gasteiger partial charge in [0.25, 0.3) is 0 Å². The number of nitrogens with two attached hydrogens (primary N) is 1. The van der Waals surface area contributed by atoms with E-state index in [4.69, 9.17) is 26.8 Å². The molecular formula is C12H19ClN2O2. The lowest BCUT2D eigenvalue weighted by Crippen LogP contribution is -2.10. The van der Waals surface area contributed by atoms with E-state index in [1.807, 2.05) is 13.8 Å². The second kappa shape index (κ2) is 6.67. The summed E-state index contributed by atoms with van der Waals surface area (Å²) in [6, 6.07) is 1.69. The quantitative estimate of drug-likeness (QED) is 0.797. The number of rotatable bonds is 6. The summed E-state index contributed by atoms with van der Waals surface area (Å²) in [5.41, 5.74) is 7.07. The minimum atomic E-state index is 0.0396. The molecule has 0 spiro atoms. The Labute approximate surface area is 107 Å². The molecule has 0 radical (unpaired) electrons. The Bertz CT molecular complexity index is 370.